The lowest BCUT2D eigenvalue weighted by Crippen LogP contribution is -2.73. The van der Waals surface area contributed by atoms with Gasteiger partial charge in [-0.25, -0.2) is 9.59 Å². The SMILES string of the molecule is COC(=O)C1=C2[C@]3([C@H]4C[C@@H]5[C@@H](CC[C@@H](C)N53)[C@@]2(O)C4)[C@@H]2CCC[C@H](OC)[C@@H]2[C@@H]1OC(=O)c1ccccc1. The molecule has 1 N–H and O–H groups in total. The van der Waals surface area contributed by atoms with Crippen LogP contribution in [0.5, 0.6) is 0 Å². The second-order valence-electron chi connectivity index (χ2n) is 12.3. The van der Waals surface area contributed by atoms with Gasteiger partial charge in [0.05, 0.1) is 35.5 Å². The summed E-state index contributed by atoms with van der Waals surface area (Å²) in [7, 11) is 3.11. The standard InChI is InChI=1S/C30H37NO6/c1-16-12-13-19-21-14-18-15-29(19,34)26-24(28(33)36-3)25(37-27(32)17-8-5-4-6-9-17)23-20(30(18,26)31(16)21)10-7-11-22(23)35-2/h4-6,8-9,16,18-23,25,34H,7,10-15H2,1-3H3/t16-,18+,19-,20-,21-,22+,23-,25+,29+,30+/m1/s1. The maximum Gasteiger partial charge on any atom is 0.338 e. The van der Waals surface area contributed by atoms with Crippen LogP contribution >= 0.6 is 0 Å². The van der Waals surface area contributed by atoms with Crippen molar-refractivity contribution < 1.29 is 28.9 Å². The summed E-state index contributed by atoms with van der Waals surface area (Å²) in [5.74, 6) is -0.629. The van der Waals surface area contributed by atoms with Crippen LogP contribution in [0.15, 0.2) is 41.5 Å². The molecule has 7 rings (SSSR count). The Morgan fingerprint density at radius 3 is 2.54 bits per heavy atom. The maximum atomic E-state index is 13.8. The number of fused-ring (bicyclic) bond motifs is 2. The molecule has 7 nitrogen and oxygen atoms in total. The zero-order valence-corrected chi connectivity index (χ0v) is 21.9. The van der Waals surface area contributed by atoms with E-state index in [1.807, 2.05) is 6.07 Å². The third-order valence-electron chi connectivity index (χ3n) is 11.1. The molecule has 11 atom stereocenters. The normalized spacial score (nSPS) is 46.9. The fourth-order valence-electron chi connectivity index (χ4n) is 10.2. The molecule has 0 aromatic heterocycles. The van der Waals surface area contributed by atoms with Crippen molar-refractivity contribution in [1.29, 1.82) is 0 Å². The number of ether oxygens (including phenoxy) is 3. The van der Waals surface area contributed by atoms with Gasteiger partial charge in [-0.3, -0.25) is 4.90 Å². The highest BCUT2D eigenvalue weighted by atomic mass is 16.6. The molecule has 37 heavy (non-hydrogen) atoms. The van der Waals surface area contributed by atoms with E-state index >= 15 is 0 Å². The fraction of sp³-hybridized carbons (Fsp3) is 0.667. The smallest absolute Gasteiger partial charge is 0.338 e. The number of aliphatic hydroxyl groups is 1. The topological polar surface area (TPSA) is 85.3 Å². The van der Waals surface area contributed by atoms with Crippen molar-refractivity contribution in [1.82, 2.24) is 4.90 Å². The van der Waals surface area contributed by atoms with Crippen molar-refractivity contribution in [3.8, 4) is 0 Å². The van der Waals surface area contributed by atoms with Crippen molar-refractivity contribution in [3.63, 3.8) is 0 Å². The van der Waals surface area contributed by atoms with Gasteiger partial charge in [0.15, 0.2) is 0 Å². The molecule has 3 aliphatic carbocycles. The zero-order chi connectivity index (χ0) is 25.7. The number of hydrogen-bond acceptors (Lipinski definition) is 7. The van der Waals surface area contributed by atoms with Crippen LogP contribution in [0, 0.1) is 23.7 Å². The number of benzene rings is 1. The number of esters is 2. The van der Waals surface area contributed by atoms with Crippen molar-refractivity contribution in [2.45, 2.75) is 87.3 Å². The van der Waals surface area contributed by atoms with Crippen LogP contribution < -0.4 is 0 Å². The van der Waals surface area contributed by atoms with Crippen molar-refractivity contribution in [3.05, 3.63) is 47.0 Å². The number of rotatable bonds is 4. The van der Waals surface area contributed by atoms with Gasteiger partial charge < -0.3 is 19.3 Å². The Balaban J connectivity index is 1.48. The van der Waals surface area contributed by atoms with Gasteiger partial charge in [-0.1, -0.05) is 24.6 Å². The average molecular weight is 508 g/mol. The Hall–Kier alpha value is -2.22. The average Bonchev–Trinajstić information content (AvgIpc) is 3.32. The van der Waals surface area contributed by atoms with Gasteiger partial charge >= 0.3 is 11.9 Å². The highest BCUT2D eigenvalue weighted by Crippen LogP contribution is 2.75. The maximum absolute atomic E-state index is 13.8. The molecule has 2 saturated carbocycles. The summed E-state index contributed by atoms with van der Waals surface area (Å²) < 4.78 is 17.8. The van der Waals surface area contributed by atoms with Crippen LogP contribution in [0.3, 0.4) is 0 Å². The predicted molar refractivity (Wildman–Crippen MR) is 135 cm³/mol. The van der Waals surface area contributed by atoms with Crippen molar-refractivity contribution in [2.24, 2.45) is 23.7 Å². The zero-order valence-electron chi connectivity index (χ0n) is 21.9. The quantitative estimate of drug-likeness (QED) is 0.625. The first-order valence-corrected chi connectivity index (χ1v) is 14.0. The van der Waals surface area contributed by atoms with Gasteiger partial charge in [0.25, 0.3) is 0 Å². The molecule has 0 radical (unpaired) electrons. The van der Waals surface area contributed by atoms with E-state index in [4.69, 9.17) is 14.2 Å². The second kappa shape index (κ2) is 8.14. The number of hydrogen-bond donors (Lipinski definition) is 1. The highest BCUT2D eigenvalue weighted by molar-refractivity contribution is 5.95. The predicted octanol–water partition coefficient (Wildman–Crippen LogP) is 3.50. The van der Waals surface area contributed by atoms with E-state index < -0.39 is 29.2 Å². The summed E-state index contributed by atoms with van der Waals surface area (Å²) in [4.78, 5) is 29.9. The van der Waals surface area contributed by atoms with Gasteiger partial charge in [-0.05, 0) is 75.0 Å². The third-order valence-corrected chi connectivity index (χ3v) is 11.1. The molecule has 1 spiro atoms. The van der Waals surface area contributed by atoms with Crippen molar-refractivity contribution >= 4 is 11.9 Å². The first kappa shape index (κ1) is 23.9. The minimum absolute atomic E-state index is 0.0917. The number of carbonyl (C=O) groups excluding carboxylic acids is 2. The van der Waals surface area contributed by atoms with E-state index in [9.17, 15) is 14.7 Å². The number of piperidine rings is 2. The largest absolute Gasteiger partial charge is 0.466 e. The minimum atomic E-state index is -1.06. The molecule has 3 heterocycles. The Bertz CT molecular complexity index is 1170. The molecule has 6 aliphatic rings. The van der Waals surface area contributed by atoms with Crippen LogP contribution in [0.25, 0.3) is 0 Å². The molecule has 5 fully saturated rings. The number of methoxy groups -OCH3 is 2. The lowest BCUT2D eigenvalue weighted by atomic mass is 9.53. The summed E-state index contributed by atoms with van der Waals surface area (Å²) in [6, 6.07) is 9.64. The van der Waals surface area contributed by atoms with Gasteiger partial charge in [0, 0.05) is 31.0 Å². The minimum Gasteiger partial charge on any atom is -0.466 e. The molecular formula is C30H37NO6. The van der Waals surface area contributed by atoms with E-state index in [1.54, 1.807) is 31.4 Å². The van der Waals surface area contributed by atoms with E-state index in [-0.39, 0.29) is 29.8 Å². The molecule has 5 bridgehead atoms. The van der Waals surface area contributed by atoms with Gasteiger partial charge in [-0.15, -0.1) is 0 Å². The monoisotopic (exact) mass is 507 g/mol. The van der Waals surface area contributed by atoms with Gasteiger partial charge in [-0.2, -0.15) is 0 Å². The fourth-order valence-corrected chi connectivity index (χ4v) is 10.2. The lowest BCUT2D eigenvalue weighted by molar-refractivity contribution is -0.164. The van der Waals surface area contributed by atoms with E-state index in [1.165, 1.54) is 7.11 Å². The summed E-state index contributed by atoms with van der Waals surface area (Å²) in [5, 5.41) is 12.5. The Morgan fingerprint density at radius 1 is 1.03 bits per heavy atom. The Labute approximate surface area is 218 Å². The summed E-state index contributed by atoms with van der Waals surface area (Å²) in [6.45, 7) is 2.31. The van der Waals surface area contributed by atoms with Crippen molar-refractivity contribution in [2.75, 3.05) is 14.2 Å². The van der Waals surface area contributed by atoms with Crippen LogP contribution in [0.4, 0.5) is 0 Å². The molecule has 3 saturated heterocycles. The van der Waals surface area contributed by atoms with Gasteiger partial charge in [0.1, 0.15) is 6.10 Å². The number of nitrogens with zero attached hydrogens (tertiary/aromatic N) is 1. The Morgan fingerprint density at radius 2 is 1.81 bits per heavy atom. The molecule has 1 unspecified atom stereocenters. The first-order valence-electron chi connectivity index (χ1n) is 14.0. The van der Waals surface area contributed by atoms with Crippen LogP contribution in [-0.4, -0.2) is 71.6 Å². The first-order chi connectivity index (χ1) is 17.9. The second-order valence-corrected chi connectivity index (χ2v) is 12.3. The molecular weight excluding hydrogens is 470 g/mol. The highest BCUT2D eigenvalue weighted by Gasteiger charge is 2.81. The molecule has 7 heteroatoms. The Kier molecular flexibility index (Phi) is 5.25. The van der Waals surface area contributed by atoms with Gasteiger partial charge in [0.2, 0.25) is 0 Å². The van der Waals surface area contributed by atoms with E-state index in [2.05, 4.69) is 11.8 Å². The summed E-state index contributed by atoms with van der Waals surface area (Å²) >= 11 is 0. The van der Waals surface area contributed by atoms with Crippen LogP contribution in [-0.2, 0) is 19.0 Å². The van der Waals surface area contributed by atoms with E-state index in [0.29, 0.717) is 29.6 Å². The summed E-state index contributed by atoms with van der Waals surface area (Å²) in [5.41, 5.74) is 0.185. The molecule has 1 aromatic rings. The summed E-state index contributed by atoms with van der Waals surface area (Å²) in [6.07, 6.45) is 5.60. The molecule has 3 aliphatic heterocycles. The van der Waals surface area contributed by atoms with Crippen LogP contribution in [0.2, 0.25) is 0 Å². The molecule has 198 valence electrons. The molecule has 1 aromatic carbocycles. The van der Waals surface area contributed by atoms with E-state index in [0.717, 1.165) is 44.1 Å². The third kappa shape index (κ3) is 2.83. The van der Waals surface area contributed by atoms with Crippen LogP contribution in [0.1, 0.15) is 62.2 Å². The lowest BCUT2D eigenvalue weighted by Gasteiger charge is -2.65. The molecule has 0 amide bonds. The number of carbonyl (C=O) groups is 2.